The summed E-state index contributed by atoms with van der Waals surface area (Å²) in [5.41, 5.74) is 3.75. The van der Waals surface area contributed by atoms with Crippen molar-refractivity contribution in [3.05, 3.63) is 94.8 Å². The van der Waals surface area contributed by atoms with Gasteiger partial charge in [0.25, 0.3) is 0 Å². The van der Waals surface area contributed by atoms with Crippen LogP contribution in [0.5, 0.6) is 0 Å². The SMILES string of the molecule is CC(C)c1ccc(C2c3cccn3CCCN2Cc2cccc(C(F)(F)F)c2)cc1. The van der Waals surface area contributed by atoms with Gasteiger partial charge < -0.3 is 4.57 Å². The Bertz CT molecular complexity index is 986. The molecule has 0 fully saturated rings. The molecule has 2 aromatic carbocycles. The largest absolute Gasteiger partial charge is 0.416 e. The molecule has 1 aliphatic heterocycles. The molecule has 30 heavy (non-hydrogen) atoms. The van der Waals surface area contributed by atoms with Crippen LogP contribution in [0.1, 0.15) is 60.2 Å². The predicted molar refractivity (Wildman–Crippen MR) is 113 cm³/mol. The van der Waals surface area contributed by atoms with E-state index in [9.17, 15) is 13.2 Å². The second-order valence-electron chi connectivity index (χ2n) is 8.37. The lowest BCUT2D eigenvalue weighted by Crippen LogP contribution is -2.29. The molecule has 158 valence electrons. The quantitative estimate of drug-likeness (QED) is 0.467. The van der Waals surface area contributed by atoms with Gasteiger partial charge in [0.1, 0.15) is 0 Å². The first-order chi connectivity index (χ1) is 14.3. The minimum absolute atomic E-state index is 0.0123. The number of aromatic nitrogens is 1. The predicted octanol–water partition coefficient (Wildman–Crippen LogP) is 6.63. The Morgan fingerprint density at radius 1 is 0.967 bits per heavy atom. The van der Waals surface area contributed by atoms with Gasteiger partial charge in [0.05, 0.1) is 11.6 Å². The third-order valence-corrected chi connectivity index (χ3v) is 5.91. The van der Waals surface area contributed by atoms with Crippen LogP contribution in [-0.2, 0) is 19.3 Å². The molecule has 2 heterocycles. The smallest absolute Gasteiger partial charge is 0.350 e. The van der Waals surface area contributed by atoms with Gasteiger partial charge in [0, 0.05) is 31.5 Å². The van der Waals surface area contributed by atoms with E-state index in [2.05, 4.69) is 65.9 Å². The lowest BCUT2D eigenvalue weighted by atomic mass is 9.96. The van der Waals surface area contributed by atoms with Crippen molar-refractivity contribution in [2.45, 2.75) is 51.5 Å². The van der Waals surface area contributed by atoms with Crippen LogP contribution in [0.2, 0.25) is 0 Å². The van der Waals surface area contributed by atoms with Gasteiger partial charge in [-0.3, -0.25) is 4.90 Å². The number of hydrogen-bond acceptors (Lipinski definition) is 1. The molecular weight excluding hydrogens is 385 g/mol. The molecule has 0 radical (unpaired) electrons. The van der Waals surface area contributed by atoms with E-state index in [4.69, 9.17) is 0 Å². The number of halogens is 3. The number of nitrogens with zero attached hydrogens (tertiary/aromatic N) is 2. The van der Waals surface area contributed by atoms with Gasteiger partial charge >= 0.3 is 6.18 Å². The second-order valence-corrected chi connectivity index (χ2v) is 8.37. The number of aryl methyl sites for hydroxylation is 1. The third-order valence-electron chi connectivity index (χ3n) is 5.91. The molecule has 0 aliphatic carbocycles. The van der Waals surface area contributed by atoms with Crippen LogP contribution >= 0.6 is 0 Å². The lowest BCUT2D eigenvalue weighted by Gasteiger charge is -2.31. The molecule has 0 saturated carbocycles. The first-order valence-electron chi connectivity index (χ1n) is 10.5. The van der Waals surface area contributed by atoms with Crippen molar-refractivity contribution in [3.63, 3.8) is 0 Å². The Balaban J connectivity index is 1.70. The van der Waals surface area contributed by atoms with Gasteiger partial charge in [-0.25, -0.2) is 0 Å². The molecule has 0 amide bonds. The van der Waals surface area contributed by atoms with Crippen LogP contribution in [0.25, 0.3) is 0 Å². The highest BCUT2D eigenvalue weighted by atomic mass is 19.4. The van der Waals surface area contributed by atoms with E-state index in [1.807, 2.05) is 0 Å². The van der Waals surface area contributed by atoms with Gasteiger partial charge in [-0.2, -0.15) is 13.2 Å². The van der Waals surface area contributed by atoms with Gasteiger partial charge in [0.2, 0.25) is 0 Å². The van der Waals surface area contributed by atoms with Crippen LogP contribution < -0.4 is 0 Å². The van der Waals surface area contributed by atoms with Crippen molar-refractivity contribution < 1.29 is 13.2 Å². The van der Waals surface area contributed by atoms with Crippen molar-refractivity contribution in [3.8, 4) is 0 Å². The van der Waals surface area contributed by atoms with Gasteiger partial charge in [-0.15, -0.1) is 0 Å². The average molecular weight is 412 g/mol. The zero-order chi connectivity index (χ0) is 21.3. The molecule has 4 rings (SSSR count). The van der Waals surface area contributed by atoms with Crippen molar-refractivity contribution in [2.75, 3.05) is 6.54 Å². The molecule has 5 heteroatoms. The zero-order valence-corrected chi connectivity index (χ0v) is 17.4. The summed E-state index contributed by atoms with van der Waals surface area (Å²) in [5.74, 6) is 0.457. The summed E-state index contributed by atoms with van der Waals surface area (Å²) in [6.07, 6.45) is -1.27. The maximum atomic E-state index is 13.2. The first kappa shape index (κ1) is 20.7. The molecule has 0 N–H and O–H groups in total. The molecule has 1 aromatic heterocycles. The standard InChI is InChI=1S/C25H27F3N2/c1-18(2)20-9-11-21(12-10-20)24-23-8-4-13-29(23)14-5-15-30(24)17-19-6-3-7-22(16-19)25(26,27)28/h3-4,6-13,16,18,24H,5,14-15,17H2,1-2H3. The second kappa shape index (κ2) is 8.31. The highest BCUT2D eigenvalue weighted by molar-refractivity contribution is 5.34. The number of fused-ring (bicyclic) bond motifs is 1. The first-order valence-corrected chi connectivity index (χ1v) is 10.5. The molecule has 1 atom stereocenters. The Morgan fingerprint density at radius 3 is 2.43 bits per heavy atom. The van der Waals surface area contributed by atoms with E-state index in [0.717, 1.165) is 25.6 Å². The van der Waals surface area contributed by atoms with Crippen LogP contribution in [0.4, 0.5) is 13.2 Å². The average Bonchev–Trinajstić information content (AvgIpc) is 3.09. The number of alkyl halides is 3. The van der Waals surface area contributed by atoms with Gasteiger partial charge in [-0.1, -0.05) is 56.3 Å². The Kier molecular flexibility index (Phi) is 5.74. The number of benzene rings is 2. The molecule has 0 spiro atoms. The molecule has 2 nitrogen and oxygen atoms in total. The molecule has 0 bridgehead atoms. The van der Waals surface area contributed by atoms with E-state index < -0.39 is 11.7 Å². The van der Waals surface area contributed by atoms with E-state index in [0.29, 0.717) is 18.0 Å². The highest BCUT2D eigenvalue weighted by Crippen LogP contribution is 2.35. The van der Waals surface area contributed by atoms with E-state index in [1.54, 1.807) is 6.07 Å². The highest BCUT2D eigenvalue weighted by Gasteiger charge is 2.31. The van der Waals surface area contributed by atoms with E-state index in [-0.39, 0.29) is 6.04 Å². The normalized spacial score (nSPS) is 17.7. The maximum Gasteiger partial charge on any atom is 0.416 e. The lowest BCUT2D eigenvalue weighted by molar-refractivity contribution is -0.137. The Labute approximate surface area is 175 Å². The maximum absolute atomic E-state index is 13.2. The summed E-state index contributed by atoms with van der Waals surface area (Å²) in [4.78, 5) is 2.30. The van der Waals surface area contributed by atoms with Gasteiger partial charge in [0.15, 0.2) is 0 Å². The Morgan fingerprint density at radius 2 is 1.73 bits per heavy atom. The summed E-state index contributed by atoms with van der Waals surface area (Å²) in [6, 6.07) is 18.6. The Hall–Kier alpha value is -2.53. The summed E-state index contributed by atoms with van der Waals surface area (Å²) < 4.78 is 41.9. The monoisotopic (exact) mass is 412 g/mol. The topological polar surface area (TPSA) is 8.17 Å². The fraction of sp³-hybridized carbons (Fsp3) is 0.360. The molecule has 3 aromatic rings. The van der Waals surface area contributed by atoms with E-state index >= 15 is 0 Å². The minimum atomic E-state index is -4.32. The zero-order valence-electron chi connectivity index (χ0n) is 17.4. The fourth-order valence-corrected chi connectivity index (χ4v) is 4.34. The van der Waals surface area contributed by atoms with Crippen molar-refractivity contribution in [1.29, 1.82) is 0 Å². The van der Waals surface area contributed by atoms with E-state index in [1.165, 1.54) is 29.0 Å². The third kappa shape index (κ3) is 4.31. The summed E-state index contributed by atoms with van der Waals surface area (Å²) in [7, 11) is 0. The van der Waals surface area contributed by atoms with Crippen molar-refractivity contribution in [2.24, 2.45) is 0 Å². The van der Waals surface area contributed by atoms with Crippen molar-refractivity contribution >= 4 is 0 Å². The van der Waals surface area contributed by atoms with Crippen LogP contribution in [-0.4, -0.2) is 16.0 Å². The molecular formula is C25H27F3N2. The van der Waals surface area contributed by atoms with Gasteiger partial charge in [-0.05, 0) is 47.2 Å². The van der Waals surface area contributed by atoms with Crippen LogP contribution in [0, 0.1) is 0 Å². The molecule has 1 aliphatic rings. The van der Waals surface area contributed by atoms with Crippen molar-refractivity contribution in [1.82, 2.24) is 9.47 Å². The summed E-state index contributed by atoms with van der Waals surface area (Å²) in [5, 5.41) is 0. The fourth-order valence-electron chi connectivity index (χ4n) is 4.34. The number of rotatable bonds is 4. The van der Waals surface area contributed by atoms with Crippen LogP contribution in [0.3, 0.4) is 0 Å². The summed E-state index contributed by atoms with van der Waals surface area (Å²) in [6.45, 7) is 6.57. The van der Waals surface area contributed by atoms with Crippen LogP contribution in [0.15, 0.2) is 66.9 Å². The molecule has 0 saturated heterocycles. The summed E-state index contributed by atoms with van der Waals surface area (Å²) >= 11 is 0. The number of hydrogen-bond donors (Lipinski definition) is 0. The minimum Gasteiger partial charge on any atom is -0.350 e. The molecule has 1 unspecified atom stereocenters.